The van der Waals surface area contributed by atoms with Gasteiger partial charge in [-0.1, -0.05) is 118 Å². The van der Waals surface area contributed by atoms with Gasteiger partial charge in [0, 0.05) is 33.6 Å². The number of unbranched alkanes of at least 4 members (excludes halogenated alkanes) is 15. The maximum Gasteiger partial charge on any atom is 0.305 e. The van der Waals surface area contributed by atoms with Crippen LogP contribution in [0.1, 0.15) is 149 Å². The Bertz CT molecular complexity index is 1500. The first-order valence-corrected chi connectivity index (χ1v) is 25.0. The zero-order valence-electron chi connectivity index (χ0n) is 37.1. The molecule has 2 bridgehead atoms. The van der Waals surface area contributed by atoms with Gasteiger partial charge in [0.2, 0.25) is 0 Å². The van der Waals surface area contributed by atoms with Crippen molar-refractivity contribution in [2.45, 2.75) is 185 Å². The standard InChI is InChI=1S/C43H77N7O6Si/c1-10-11-12-25-28-49(29-26-23-21-19-17-15-13-14-16-18-20-22-24-27-35(51)52-7)54-31-43-30-53-37(38(43)56-57(8,9)42(2,3)4)41(55-43)50-34-46-36-39(47-33-48(5)6)44-32-45-40(36)50/h32-34,37-38,41H,10-31H2,1-9H3/b47-33-/t37?,38?,41-,43-/m1/s1. The van der Waals surface area contributed by atoms with Gasteiger partial charge in [0.05, 0.1) is 26.4 Å². The first-order chi connectivity index (χ1) is 27.3. The quantitative estimate of drug-likeness (QED) is 0.0195. The number of hydrogen-bond donors (Lipinski definition) is 0. The van der Waals surface area contributed by atoms with Crippen LogP contribution in [0.4, 0.5) is 5.82 Å². The summed E-state index contributed by atoms with van der Waals surface area (Å²) >= 11 is 0. The van der Waals surface area contributed by atoms with Crippen molar-refractivity contribution in [1.29, 1.82) is 0 Å². The smallest absolute Gasteiger partial charge is 0.305 e. The van der Waals surface area contributed by atoms with E-state index in [0.717, 1.165) is 38.8 Å². The van der Waals surface area contributed by atoms with Gasteiger partial charge in [-0.05, 0) is 37.4 Å². The van der Waals surface area contributed by atoms with Crippen molar-refractivity contribution in [3.05, 3.63) is 12.7 Å². The zero-order chi connectivity index (χ0) is 41.3. The van der Waals surface area contributed by atoms with Gasteiger partial charge in [-0.25, -0.2) is 19.9 Å². The van der Waals surface area contributed by atoms with E-state index >= 15 is 0 Å². The van der Waals surface area contributed by atoms with Crippen LogP contribution in [-0.4, -0.2) is 115 Å². The Morgan fingerprint density at radius 2 is 1.53 bits per heavy atom. The first kappa shape index (κ1) is 47.2. The number of fused-ring (bicyclic) bond motifs is 3. The van der Waals surface area contributed by atoms with Crippen LogP contribution >= 0.6 is 0 Å². The highest BCUT2D eigenvalue weighted by atomic mass is 28.4. The Balaban J connectivity index is 1.32. The molecule has 4 heterocycles. The van der Waals surface area contributed by atoms with E-state index in [9.17, 15) is 4.79 Å². The fraction of sp³-hybridized carbons (Fsp3) is 0.837. The Labute approximate surface area is 345 Å². The van der Waals surface area contributed by atoms with Gasteiger partial charge in [0.25, 0.3) is 0 Å². The normalized spacial score (nSPS) is 21.1. The van der Waals surface area contributed by atoms with Crippen molar-refractivity contribution in [3.8, 4) is 0 Å². The zero-order valence-corrected chi connectivity index (χ0v) is 38.1. The Morgan fingerprint density at radius 1 is 0.930 bits per heavy atom. The highest BCUT2D eigenvalue weighted by Gasteiger charge is 2.65. The fourth-order valence-corrected chi connectivity index (χ4v) is 8.78. The number of esters is 1. The minimum absolute atomic E-state index is 0.0145. The van der Waals surface area contributed by atoms with Gasteiger partial charge in [-0.3, -0.25) is 14.2 Å². The number of carbonyl (C=O) groups is 1. The average molecular weight is 816 g/mol. The van der Waals surface area contributed by atoms with Gasteiger partial charge < -0.3 is 23.5 Å². The van der Waals surface area contributed by atoms with E-state index in [2.05, 4.69) is 60.8 Å². The number of methoxy groups -OCH3 is 1. The molecule has 0 aromatic carbocycles. The van der Waals surface area contributed by atoms with E-state index in [0.29, 0.717) is 36.6 Å². The van der Waals surface area contributed by atoms with Crippen molar-refractivity contribution in [3.63, 3.8) is 0 Å². The van der Waals surface area contributed by atoms with Gasteiger partial charge in [0.15, 0.2) is 31.5 Å². The number of imidazole rings is 1. The molecule has 2 aliphatic rings. The van der Waals surface area contributed by atoms with Crippen LogP contribution in [0.3, 0.4) is 0 Å². The van der Waals surface area contributed by atoms with Crippen molar-refractivity contribution >= 4 is 37.6 Å². The summed E-state index contributed by atoms with van der Waals surface area (Å²) in [6.07, 6.45) is 25.2. The molecule has 4 atom stereocenters. The molecule has 14 heteroatoms. The van der Waals surface area contributed by atoms with E-state index in [1.807, 2.05) is 23.6 Å². The molecule has 0 N–H and O–H groups in total. The molecule has 2 aromatic rings. The predicted molar refractivity (Wildman–Crippen MR) is 230 cm³/mol. The molecule has 13 nitrogen and oxygen atoms in total. The number of aromatic nitrogens is 4. The Kier molecular flexibility index (Phi) is 19.3. The van der Waals surface area contributed by atoms with Crippen molar-refractivity contribution in [2.24, 2.45) is 4.99 Å². The molecule has 0 saturated carbocycles. The molecular weight excluding hydrogens is 739 g/mol. The lowest BCUT2D eigenvalue weighted by molar-refractivity contribution is -0.243. The number of hydroxylamine groups is 2. The van der Waals surface area contributed by atoms with Crippen molar-refractivity contribution in [2.75, 3.05) is 47.5 Å². The highest BCUT2D eigenvalue weighted by Crippen LogP contribution is 2.50. The molecule has 4 rings (SSSR count). The number of rotatable bonds is 29. The van der Waals surface area contributed by atoms with E-state index < -0.39 is 20.1 Å². The summed E-state index contributed by atoms with van der Waals surface area (Å²) in [6, 6.07) is 0. The third-order valence-electron chi connectivity index (χ3n) is 12.0. The number of hydrogen-bond acceptors (Lipinski definition) is 11. The summed E-state index contributed by atoms with van der Waals surface area (Å²) < 4.78 is 27.5. The van der Waals surface area contributed by atoms with Crippen LogP contribution in [0.5, 0.6) is 0 Å². The SMILES string of the molecule is CCCCCCN(CCCCCCCCCCCCCCCC(=O)OC)OC[C@]12COC(C1O[Si](C)(C)C(C)(C)C)[C@H](n1cnc3c(/N=C\N(C)C)ncnc31)O2. The van der Waals surface area contributed by atoms with Crippen LogP contribution in [-0.2, 0) is 28.3 Å². The molecule has 57 heavy (non-hydrogen) atoms. The van der Waals surface area contributed by atoms with E-state index in [1.165, 1.54) is 96.9 Å². The molecule has 2 unspecified atom stereocenters. The number of ether oxygens (including phenoxy) is 3. The third kappa shape index (κ3) is 14.1. The van der Waals surface area contributed by atoms with Crippen LogP contribution < -0.4 is 0 Å². The van der Waals surface area contributed by atoms with Gasteiger partial charge >= 0.3 is 5.97 Å². The molecule has 0 spiro atoms. The van der Waals surface area contributed by atoms with Gasteiger partial charge in [-0.15, -0.1) is 0 Å². The summed E-state index contributed by atoms with van der Waals surface area (Å²) in [5, 5.41) is 2.21. The third-order valence-corrected chi connectivity index (χ3v) is 16.5. The molecule has 2 fully saturated rings. The summed E-state index contributed by atoms with van der Waals surface area (Å²) in [4.78, 5) is 38.1. The summed E-state index contributed by atoms with van der Waals surface area (Å²) in [5.74, 6) is 0.420. The maximum atomic E-state index is 11.2. The first-order valence-electron chi connectivity index (χ1n) is 22.1. The number of nitrogens with zero attached hydrogens (tertiary/aromatic N) is 7. The molecule has 2 aromatic heterocycles. The largest absolute Gasteiger partial charge is 0.469 e. The Morgan fingerprint density at radius 3 is 2.11 bits per heavy atom. The molecule has 0 aliphatic carbocycles. The molecular formula is C43H77N7O6Si. The predicted octanol–water partition coefficient (Wildman–Crippen LogP) is 9.55. The maximum absolute atomic E-state index is 11.2. The molecule has 0 amide bonds. The van der Waals surface area contributed by atoms with Crippen LogP contribution in [0.25, 0.3) is 11.2 Å². The lowest BCUT2D eigenvalue weighted by Crippen LogP contribution is -2.54. The lowest BCUT2D eigenvalue weighted by atomic mass is 10.0. The van der Waals surface area contributed by atoms with E-state index in [1.54, 1.807) is 12.7 Å². The molecule has 2 aliphatic heterocycles. The summed E-state index contributed by atoms with van der Waals surface area (Å²) in [7, 11) is 3.09. The number of carbonyl (C=O) groups excluding carboxylic acids is 1. The van der Waals surface area contributed by atoms with Crippen LogP contribution in [0.2, 0.25) is 18.1 Å². The summed E-state index contributed by atoms with van der Waals surface area (Å²) in [6.45, 7) is 16.2. The summed E-state index contributed by atoms with van der Waals surface area (Å²) in [5.41, 5.74) is 0.494. The monoisotopic (exact) mass is 816 g/mol. The highest BCUT2D eigenvalue weighted by molar-refractivity contribution is 6.74. The Hall–Kier alpha value is -2.49. The van der Waals surface area contributed by atoms with Gasteiger partial charge in [0.1, 0.15) is 30.7 Å². The molecule has 2 saturated heterocycles. The van der Waals surface area contributed by atoms with Crippen LogP contribution in [0.15, 0.2) is 17.6 Å². The molecule has 324 valence electrons. The fourth-order valence-electron chi connectivity index (χ4n) is 7.44. The van der Waals surface area contributed by atoms with Gasteiger partial charge in [-0.2, -0.15) is 5.06 Å². The average Bonchev–Trinajstić information content (AvgIpc) is 3.84. The topological polar surface area (TPSA) is 126 Å². The second-order valence-electron chi connectivity index (χ2n) is 18.1. The minimum atomic E-state index is -2.22. The van der Waals surface area contributed by atoms with Crippen molar-refractivity contribution < 1.29 is 28.3 Å². The minimum Gasteiger partial charge on any atom is -0.469 e. The van der Waals surface area contributed by atoms with E-state index in [4.69, 9.17) is 28.5 Å². The van der Waals surface area contributed by atoms with Crippen LogP contribution in [0, 0.1) is 0 Å². The van der Waals surface area contributed by atoms with E-state index in [-0.39, 0.29) is 23.2 Å². The number of aliphatic imine (C=N–C) groups is 1. The van der Waals surface area contributed by atoms with Crippen molar-refractivity contribution in [1.82, 2.24) is 29.5 Å². The second kappa shape index (κ2) is 23.3. The lowest BCUT2D eigenvalue weighted by Gasteiger charge is -2.41. The second-order valence-corrected chi connectivity index (χ2v) is 22.8. The molecule has 0 radical (unpaired) electrons.